The third-order valence-corrected chi connectivity index (χ3v) is 0. The first-order valence-electron chi connectivity index (χ1n) is 0.651. The Morgan fingerprint density at radius 1 is 1.25 bits per heavy atom. The molecular formula is H11AlCaO4PbSi. The van der Waals surface area contributed by atoms with Gasteiger partial charge in [-0.05, 0) is 0 Å². The topological polar surface area (TPSA) is 89.0 Å². The van der Waals surface area contributed by atoms with Gasteiger partial charge in [0.1, 0.15) is 0 Å². The molecule has 8 heteroatoms. The molecule has 4 nitrogen and oxygen atoms in total. The average molecular weight is 377 g/mol. The van der Waals surface area contributed by atoms with Crippen molar-refractivity contribution in [2.75, 3.05) is 0 Å². The molecule has 2 radical (unpaired) electrons. The molecular weight excluding hydrogens is 366 g/mol. The molecule has 4 N–H and O–H groups in total. The van der Waals surface area contributed by atoms with Crippen LogP contribution in [0.5, 0.6) is 0 Å². The van der Waals surface area contributed by atoms with Gasteiger partial charge in [0, 0.05) is 0 Å². The van der Waals surface area contributed by atoms with Crippen molar-refractivity contribution in [2.45, 2.75) is 0 Å². The average Bonchev–Trinajstić information content (AvgIpc) is 0.811. The minimum absolute atomic E-state index is 0. The fourth-order valence-corrected chi connectivity index (χ4v) is 0. The Morgan fingerprint density at radius 3 is 1.25 bits per heavy atom. The summed E-state index contributed by atoms with van der Waals surface area (Å²) in [5.41, 5.74) is 0. The molecule has 0 heterocycles. The van der Waals surface area contributed by atoms with Crippen LogP contribution >= 0.6 is 0 Å². The summed E-state index contributed by atoms with van der Waals surface area (Å²) in [5.74, 6) is 0. The molecule has 0 fully saturated rings. The summed E-state index contributed by atoms with van der Waals surface area (Å²) in [4.78, 5) is 14.3. The van der Waals surface area contributed by atoms with Crippen LogP contribution in [0.4, 0.5) is 0 Å². The van der Waals surface area contributed by atoms with Gasteiger partial charge in [-0.15, -0.1) is 0 Å². The van der Waals surface area contributed by atoms with Crippen LogP contribution in [0, 0.1) is 0 Å². The van der Waals surface area contributed by atoms with Crippen molar-refractivity contribution in [3.8, 4) is 0 Å². The van der Waals surface area contributed by atoms with E-state index in [9.17, 15) is 0 Å². The summed E-state index contributed by atoms with van der Waals surface area (Å²) in [7, 11) is -3.13. The van der Waals surface area contributed by atoms with E-state index in [-0.39, 0.29) is 87.9 Å². The van der Waals surface area contributed by atoms with E-state index in [1.165, 1.54) is 0 Å². The van der Waals surface area contributed by atoms with E-state index in [0.717, 1.165) is 0 Å². The molecule has 0 spiro atoms. The van der Waals surface area contributed by atoms with Crippen LogP contribution in [-0.2, 0) is 4.46 Å². The zero-order valence-electron chi connectivity index (χ0n) is 3.01. The van der Waals surface area contributed by atoms with E-state index in [1.807, 2.05) is 0 Å². The maximum atomic E-state index is 8.74. The van der Waals surface area contributed by atoms with E-state index in [4.69, 9.17) is 14.1 Å². The molecule has 0 atom stereocenters. The van der Waals surface area contributed by atoms with Crippen LogP contribution in [0.3, 0.4) is 0 Å². The summed E-state index contributed by atoms with van der Waals surface area (Å²) in [6.07, 6.45) is 0. The quantitative estimate of drug-likeness (QED) is 0.413. The van der Waals surface area contributed by atoms with Crippen LogP contribution in [0.15, 0.2) is 0 Å². The summed E-state index contributed by atoms with van der Waals surface area (Å²) in [6.45, 7) is 0. The zero-order chi connectivity index (χ0) is 3.58. The molecule has 0 rings (SSSR count). The first-order valence-corrected chi connectivity index (χ1v) is 1.95. The van der Waals surface area contributed by atoms with Gasteiger partial charge in [0.2, 0.25) is 0 Å². The number of hydrogen-bond acceptors (Lipinski definition) is 1. The van der Waals surface area contributed by atoms with Gasteiger partial charge in [-0.25, -0.2) is 0 Å². The normalized spacial score (nSPS) is 3.00. The molecule has 0 aliphatic carbocycles. The molecule has 0 aliphatic heterocycles. The van der Waals surface area contributed by atoms with Crippen LogP contribution in [0.2, 0.25) is 0 Å². The monoisotopic (exact) mass is 378 g/mol. The second-order valence-corrected chi connectivity index (χ2v) is 0.848. The van der Waals surface area contributed by atoms with Gasteiger partial charge in [0.15, 0.2) is 17.4 Å². The molecule has 0 aliphatic rings. The standard InChI is InChI=1S/Al.Ca.H2O3Si.H2O.Pb.7H/c;;1-4(2)3;;;;;;;;;/h;;1-2H;1H2;;;;;;;;. The van der Waals surface area contributed by atoms with Crippen LogP contribution in [0.1, 0.15) is 0 Å². The Labute approximate surface area is 109 Å². The van der Waals surface area contributed by atoms with E-state index >= 15 is 0 Å². The molecule has 0 aromatic heterocycles. The zero-order valence-corrected chi connectivity index (χ0v) is 9.51. The maximum absolute atomic E-state index is 8.74. The van der Waals surface area contributed by atoms with Crippen molar-refractivity contribution in [3.05, 3.63) is 0 Å². The summed E-state index contributed by atoms with van der Waals surface area (Å²) in [6, 6.07) is 0. The van der Waals surface area contributed by atoms with Crippen LogP contribution < -0.4 is 0 Å². The van der Waals surface area contributed by atoms with Crippen molar-refractivity contribution >= 4 is 91.6 Å². The van der Waals surface area contributed by atoms with Gasteiger partial charge >= 0.3 is 74.2 Å². The molecule has 0 aromatic rings. The Morgan fingerprint density at radius 2 is 1.25 bits per heavy atom. The van der Waals surface area contributed by atoms with Crippen LogP contribution in [0.25, 0.3) is 0 Å². The predicted molar refractivity (Wildman–Crippen MR) is 41.5 cm³/mol. The third-order valence-electron chi connectivity index (χ3n) is 0. The predicted octanol–water partition coefficient (Wildman–Crippen LogP) is -5.45. The summed E-state index contributed by atoms with van der Waals surface area (Å²) in [5, 5.41) is 0. The second-order valence-electron chi connectivity index (χ2n) is 0.283. The van der Waals surface area contributed by atoms with Crippen molar-refractivity contribution < 1.29 is 19.5 Å². The second kappa shape index (κ2) is 22.8. The molecule has 0 unspecified atom stereocenters. The molecule has 0 aromatic carbocycles. The van der Waals surface area contributed by atoms with Crippen molar-refractivity contribution in [2.24, 2.45) is 0 Å². The van der Waals surface area contributed by atoms with Crippen molar-refractivity contribution in [3.63, 3.8) is 0 Å². The first kappa shape index (κ1) is 31.7. The number of hydrogen-bond donors (Lipinski definition) is 2. The first-order chi connectivity index (χ1) is 1.73. The summed E-state index contributed by atoms with van der Waals surface area (Å²) < 4.78 is 8.74. The van der Waals surface area contributed by atoms with Gasteiger partial charge < -0.3 is 15.1 Å². The molecule has 48 valence electrons. The van der Waals surface area contributed by atoms with E-state index < -0.39 is 9.17 Å². The van der Waals surface area contributed by atoms with Crippen LogP contribution in [-0.4, -0.2) is 107 Å². The van der Waals surface area contributed by atoms with E-state index in [2.05, 4.69) is 0 Å². The molecule has 0 saturated carbocycles. The van der Waals surface area contributed by atoms with Gasteiger partial charge in [-0.2, -0.15) is 0 Å². The molecule has 0 bridgehead atoms. The molecule has 0 amide bonds. The van der Waals surface area contributed by atoms with E-state index in [0.29, 0.717) is 0 Å². The Balaban J connectivity index is -0.00000000750. The Bertz CT molecular complexity index is 39.0. The summed E-state index contributed by atoms with van der Waals surface area (Å²) >= 11 is 0. The third kappa shape index (κ3) is 84.0. The van der Waals surface area contributed by atoms with Gasteiger partial charge in [-0.1, -0.05) is 0 Å². The molecule has 8 heavy (non-hydrogen) atoms. The Hall–Kier alpha value is 2.29. The minimum atomic E-state index is -3.13. The van der Waals surface area contributed by atoms with Crippen molar-refractivity contribution in [1.82, 2.24) is 0 Å². The number of rotatable bonds is 0. The van der Waals surface area contributed by atoms with E-state index in [1.54, 1.807) is 0 Å². The van der Waals surface area contributed by atoms with Gasteiger partial charge in [0.25, 0.3) is 0 Å². The van der Waals surface area contributed by atoms with Gasteiger partial charge in [-0.3, -0.25) is 4.46 Å². The fourth-order valence-electron chi connectivity index (χ4n) is 0. The van der Waals surface area contributed by atoms with Gasteiger partial charge in [0.05, 0.1) is 0 Å². The molecule has 0 saturated heterocycles. The van der Waals surface area contributed by atoms with Crippen molar-refractivity contribution in [1.29, 1.82) is 0 Å². The Kier molecular flexibility index (Phi) is 90.5. The fraction of sp³-hybridized carbons (Fsp3) is 0. The SMILES string of the molecule is O.O=[Si](O)O.[AlH3].[CaH2].[PbH2].